The number of carboxylic acids is 4. The number of phenolic OH excluding ortho intramolecular Hbond substituents is 1. The minimum atomic E-state index is -1.44. The van der Waals surface area contributed by atoms with E-state index in [4.69, 9.17) is 20.5 Å². The van der Waals surface area contributed by atoms with Gasteiger partial charge in [0.05, 0.1) is 17.9 Å². The first-order chi connectivity index (χ1) is 25.7. The maximum Gasteiger partial charge on any atom is 0.323 e. The number of aromatic hydroxyl groups is 1. The van der Waals surface area contributed by atoms with E-state index in [9.17, 15) is 58.3 Å². The third-order valence-corrected chi connectivity index (χ3v) is 7.76. The molecule has 0 fully saturated rings. The van der Waals surface area contributed by atoms with Crippen molar-refractivity contribution in [1.82, 2.24) is 0 Å². The van der Waals surface area contributed by atoms with E-state index in [0.717, 1.165) is 40.1 Å². The van der Waals surface area contributed by atoms with Crippen LogP contribution in [0, 0.1) is 18.2 Å². The predicted molar refractivity (Wildman–Crippen MR) is 185 cm³/mol. The van der Waals surface area contributed by atoms with Gasteiger partial charge in [-0.1, -0.05) is 12.1 Å². The number of carbonyl (C=O) groups is 4. The number of phenols is 1. The summed E-state index contributed by atoms with van der Waals surface area (Å²) in [6, 6.07) is 11.7. The average Bonchev–Trinajstić information content (AvgIpc) is 3.09. The number of anilines is 2. The van der Waals surface area contributed by atoms with Gasteiger partial charge in [-0.25, -0.2) is 13.6 Å². The number of fused-ring (bicyclic) bond motifs is 2. The van der Waals surface area contributed by atoms with Crippen molar-refractivity contribution in [2.75, 3.05) is 49.2 Å². The highest BCUT2D eigenvalue weighted by molar-refractivity contribution is 6.06. The van der Waals surface area contributed by atoms with Crippen LogP contribution in [-0.2, 0) is 19.2 Å². The number of ether oxygens (including phenoxy) is 2. The average molecular weight is 748 g/mol. The minimum Gasteiger partial charge on any atom is -0.505 e. The maximum atomic E-state index is 14.8. The lowest BCUT2D eigenvalue weighted by Crippen LogP contribution is -2.35. The van der Waals surface area contributed by atoms with E-state index in [1.54, 1.807) is 6.07 Å². The number of carboxylic acid groups (broad SMARTS) is 4. The number of rotatable bonds is 16. The summed E-state index contributed by atoms with van der Waals surface area (Å²) in [7, 11) is 0. The lowest BCUT2D eigenvalue weighted by atomic mass is 9.92. The number of halogens is 2. The van der Waals surface area contributed by atoms with Crippen LogP contribution in [0.25, 0.3) is 38.3 Å². The van der Waals surface area contributed by atoms with Crippen LogP contribution in [0.3, 0.4) is 0 Å². The highest BCUT2D eigenvalue weighted by Crippen LogP contribution is 2.48. The van der Waals surface area contributed by atoms with Gasteiger partial charge in [-0.05, 0) is 47.5 Å². The van der Waals surface area contributed by atoms with Crippen LogP contribution in [0.2, 0.25) is 0 Å². The molecule has 18 heteroatoms. The fourth-order valence-electron chi connectivity index (χ4n) is 5.65. The molecule has 0 amide bonds. The van der Waals surface area contributed by atoms with Gasteiger partial charge >= 0.3 is 23.9 Å². The van der Waals surface area contributed by atoms with Crippen molar-refractivity contribution < 1.29 is 67.4 Å². The van der Waals surface area contributed by atoms with Gasteiger partial charge in [0.2, 0.25) is 5.43 Å². The molecule has 278 valence electrons. The van der Waals surface area contributed by atoms with Crippen molar-refractivity contribution in [3.8, 4) is 39.7 Å². The first kappa shape index (κ1) is 37.8. The Hall–Kier alpha value is -7.42. The van der Waals surface area contributed by atoms with Gasteiger partial charge in [0.25, 0.3) is 0 Å². The van der Waals surface area contributed by atoms with Crippen LogP contribution in [-0.4, -0.2) is 88.8 Å². The van der Waals surface area contributed by atoms with Crippen molar-refractivity contribution in [2.24, 2.45) is 0 Å². The summed E-state index contributed by atoms with van der Waals surface area (Å²) in [5.41, 5.74) is -1.79. The number of hydrogen-bond acceptors (Lipinski definition) is 11. The van der Waals surface area contributed by atoms with Crippen LogP contribution in [0.15, 0.2) is 69.9 Å². The number of nitrogens with zero attached hydrogens (tertiary/aromatic N) is 3. The second-order valence-corrected chi connectivity index (χ2v) is 11.5. The van der Waals surface area contributed by atoms with E-state index in [2.05, 4.69) is 4.85 Å². The normalized spacial score (nSPS) is 10.8. The maximum absolute atomic E-state index is 14.8. The second-order valence-electron chi connectivity index (χ2n) is 11.5. The molecule has 1 aliphatic heterocycles. The predicted octanol–water partition coefficient (Wildman–Crippen LogP) is 4.51. The number of hydrogen-bond donors (Lipinski definition) is 5. The summed E-state index contributed by atoms with van der Waals surface area (Å²) in [6.07, 6.45) is 0. The Labute approximate surface area is 302 Å². The largest absolute Gasteiger partial charge is 0.505 e. The molecule has 3 aromatic carbocycles. The zero-order chi connectivity index (χ0) is 39.3. The fourth-order valence-corrected chi connectivity index (χ4v) is 5.65. The molecule has 0 saturated carbocycles. The molecular weight excluding hydrogens is 720 g/mol. The molecule has 5 rings (SSSR count). The topological polar surface area (TPSA) is 229 Å². The van der Waals surface area contributed by atoms with Gasteiger partial charge in [0.1, 0.15) is 62.2 Å². The third-order valence-electron chi connectivity index (χ3n) is 7.76. The smallest absolute Gasteiger partial charge is 0.323 e. The molecule has 3 aromatic rings. The van der Waals surface area contributed by atoms with Crippen LogP contribution < -0.4 is 24.7 Å². The van der Waals surface area contributed by atoms with Crippen LogP contribution in [0.5, 0.6) is 17.2 Å². The Kier molecular flexibility index (Phi) is 11.1. The third kappa shape index (κ3) is 8.37. The SMILES string of the molecule is [C-]#[N+]c1cc(N(CC(=O)O)CC(=O)O)c(OCCOc2ccccc2N(CC(=O)O)CC(=O)O)cc1-c1c2cc(F)c(=O)cc-2oc2cc(O)c(F)cc12. The highest BCUT2D eigenvalue weighted by atomic mass is 19.1. The van der Waals surface area contributed by atoms with E-state index in [0.29, 0.717) is 0 Å². The minimum absolute atomic E-state index is 0.0587. The van der Waals surface area contributed by atoms with Crippen LogP contribution in [0.4, 0.5) is 25.8 Å². The van der Waals surface area contributed by atoms with Crippen molar-refractivity contribution in [1.29, 1.82) is 0 Å². The summed E-state index contributed by atoms with van der Waals surface area (Å²) in [5.74, 6) is -9.01. The fraction of sp³-hybridized carbons (Fsp3) is 0.167. The van der Waals surface area contributed by atoms with E-state index < -0.39 is 72.9 Å². The molecule has 1 heterocycles. The summed E-state index contributed by atoms with van der Waals surface area (Å²) in [4.78, 5) is 64.2. The van der Waals surface area contributed by atoms with E-state index in [1.807, 2.05) is 0 Å². The molecule has 0 unspecified atom stereocenters. The molecule has 0 aromatic heterocycles. The Morgan fingerprint density at radius 2 is 1.30 bits per heavy atom. The molecule has 0 bridgehead atoms. The number of benzene rings is 4. The van der Waals surface area contributed by atoms with Crippen molar-refractivity contribution in [3.05, 3.63) is 93.9 Å². The van der Waals surface area contributed by atoms with Crippen molar-refractivity contribution >= 4 is 51.9 Å². The summed E-state index contributed by atoms with van der Waals surface area (Å²) < 4.78 is 47.1. The van der Waals surface area contributed by atoms with Gasteiger partial charge in [0.15, 0.2) is 23.1 Å². The Balaban J connectivity index is 1.64. The first-order valence-corrected chi connectivity index (χ1v) is 15.5. The highest BCUT2D eigenvalue weighted by Gasteiger charge is 2.27. The monoisotopic (exact) mass is 747 g/mol. The molecule has 0 atom stereocenters. The molecule has 0 spiro atoms. The van der Waals surface area contributed by atoms with Gasteiger partial charge in [-0.15, -0.1) is 0 Å². The Morgan fingerprint density at radius 1 is 0.722 bits per heavy atom. The zero-order valence-electron chi connectivity index (χ0n) is 27.6. The zero-order valence-corrected chi connectivity index (χ0v) is 27.6. The van der Waals surface area contributed by atoms with E-state index in [-0.39, 0.29) is 75.2 Å². The lowest BCUT2D eigenvalue weighted by Gasteiger charge is -2.26. The Morgan fingerprint density at radius 3 is 1.89 bits per heavy atom. The molecule has 5 N–H and O–H groups in total. The van der Waals surface area contributed by atoms with Crippen LogP contribution in [0.1, 0.15) is 0 Å². The lowest BCUT2D eigenvalue weighted by molar-refractivity contribution is -0.138. The summed E-state index contributed by atoms with van der Waals surface area (Å²) in [5, 5.41) is 47.8. The van der Waals surface area contributed by atoms with Gasteiger partial charge in [-0.2, -0.15) is 0 Å². The Bertz CT molecular complexity index is 2340. The van der Waals surface area contributed by atoms with Crippen LogP contribution >= 0.6 is 0 Å². The molecular formula is C36H27F2N3O13. The molecule has 2 aliphatic rings. The molecule has 1 aliphatic carbocycles. The van der Waals surface area contributed by atoms with E-state index >= 15 is 0 Å². The van der Waals surface area contributed by atoms with E-state index in [1.165, 1.54) is 24.3 Å². The molecule has 54 heavy (non-hydrogen) atoms. The first-order valence-electron chi connectivity index (χ1n) is 15.5. The molecule has 16 nitrogen and oxygen atoms in total. The van der Waals surface area contributed by atoms with Crippen molar-refractivity contribution in [3.63, 3.8) is 0 Å². The van der Waals surface area contributed by atoms with Crippen molar-refractivity contribution in [2.45, 2.75) is 0 Å². The quantitative estimate of drug-likeness (QED) is 0.0531. The van der Waals surface area contributed by atoms with Gasteiger partial charge in [0, 0.05) is 23.1 Å². The number of para-hydroxylation sites is 2. The standard InChI is InChI=1S/C36H27F2N3O13/c1-39-23-11-25(41(16-34(48)49)17-35(50)51)31(53-7-6-52-28-5-3-2-4-24(28)40(14-32(44)45)15-33(46)47)10-18(23)36-19-8-21(37)26(42)12-29(19)54-30-13-27(43)22(38)9-20(30)36/h2-5,8-13,42H,6-7,14-17H2,(H,44,45)(H,46,47)(H,48,49)(H,50,51). The number of aliphatic carboxylic acids is 4. The molecule has 0 saturated heterocycles. The van der Waals surface area contributed by atoms with Gasteiger partial charge < -0.3 is 49.2 Å². The van der Waals surface area contributed by atoms with Gasteiger partial charge in [-0.3, -0.25) is 24.0 Å². The second kappa shape index (κ2) is 15.9. The molecule has 0 radical (unpaired) electrons. The summed E-state index contributed by atoms with van der Waals surface area (Å²) >= 11 is 0. The summed E-state index contributed by atoms with van der Waals surface area (Å²) in [6.45, 7) is 4.20.